The first-order chi connectivity index (χ1) is 12.7. The highest BCUT2D eigenvalue weighted by Gasteiger charge is 2.20. The molecule has 1 aliphatic rings. The molecule has 0 spiro atoms. The Balaban J connectivity index is 0.00000261. The van der Waals surface area contributed by atoms with Crippen LogP contribution in [-0.2, 0) is 6.54 Å². The minimum absolute atomic E-state index is 0. The van der Waals surface area contributed by atoms with Gasteiger partial charge in [-0.05, 0) is 19.1 Å². The molecule has 0 bridgehead atoms. The number of alkyl halides is 2. The molecule has 0 amide bonds. The number of guanidine groups is 1. The Labute approximate surface area is 174 Å². The number of piperazine rings is 1. The first-order valence-corrected chi connectivity index (χ1v) is 8.68. The lowest BCUT2D eigenvalue weighted by atomic mass is 10.3. The minimum Gasteiger partial charge on any atom is -0.357 e. The molecule has 0 atom stereocenters. The number of hydrogen-bond acceptors (Lipinski definition) is 4. The zero-order chi connectivity index (χ0) is 18.4. The largest absolute Gasteiger partial charge is 0.357 e. The van der Waals surface area contributed by atoms with Crippen LogP contribution in [0.15, 0.2) is 41.8 Å². The molecule has 10 heteroatoms. The van der Waals surface area contributed by atoms with Crippen LogP contribution in [-0.4, -0.2) is 58.1 Å². The van der Waals surface area contributed by atoms with Crippen LogP contribution in [0.2, 0.25) is 0 Å². The normalized spacial score (nSPS) is 15.0. The van der Waals surface area contributed by atoms with Gasteiger partial charge in [0.2, 0.25) is 0 Å². The summed E-state index contributed by atoms with van der Waals surface area (Å²) in [5.74, 6) is 1.94. The van der Waals surface area contributed by atoms with Gasteiger partial charge in [0.25, 0.3) is 0 Å². The topological polar surface area (TPSA) is 61.6 Å². The molecular weight excluding hydrogens is 467 g/mol. The van der Waals surface area contributed by atoms with Crippen LogP contribution in [0.4, 0.5) is 14.6 Å². The van der Waals surface area contributed by atoms with Gasteiger partial charge in [0, 0.05) is 51.3 Å². The van der Waals surface area contributed by atoms with E-state index in [1.54, 1.807) is 6.20 Å². The van der Waals surface area contributed by atoms with Gasteiger partial charge in [-0.2, -0.15) is 8.78 Å². The zero-order valence-electron chi connectivity index (χ0n) is 15.1. The van der Waals surface area contributed by atoms with Crippen molar-refractivity contribution in [2.45, 2.75) is 20.0 Å². The number of anilines is 1. The van der Waals surface area contributed by atoms with Gasteiger partial charge < -0.3 is 15.1 Å². The van der Waals surface area contributed by atoms with Crippen LogP contribution < -0.4 is 10.2 Å². The number of pyridine rings is 1. The van der Waals surface area contributed by atoms with E-state index in [0.717, 1.165) is 42.5 Å². The average Bonchev–Trinajstić information content (AvgIpc) is 3.15. The van der Waals surface area contributed by atoms with Crippen molar-refractivity contribution in [2.24, 2.45) is 4.99 Å². The van der Waals surface area contributed by atoms with Crippen molar-refractivity contribution >= 4 is 35.8 Å². The van der Waals surface area contributed by atoms with E-state index in [4.69, 9.17) is 0 Å². The van der Waals surface area contributed by atoms with Gasteiger partial charge in [0.1, 0.15) is 18.2 Å². The molecule has 0 radical (unpaired) electrons. The van der Waals surface area contributed by atoms with Crippen molar-refractivity contribution in [3.8, 4) is 0 Å². The second-order valence-corrected chi connectivity index (χ2v) is 5.86. The first kappa shape index (κ1) is 21.3. The Morgan fingerprint density at radius 2 is 1.96 bits per heavy atom. The molecular formula is C17H24F2IN7. The zero-order valence-corrected chi connectivity index (χ0v) is 17.5. The molecule has 1 fully saturated rings. The molecule has 0 unspecified atom stereocenters. The summed E-state index contributed by atoms with van der Waals surface area (Å²) in [5.41, 5.74) is 0. The van der Waals surface area contributed by atoms with Crippen molar-refractivity contribution in [2.75, 3.05) is 37.6 Å². The third kappa shape index (κ3) is 5.50. The van der Waals surface area contributed by atoms with Crippen molar-refractivity contribution in [1.29, 1.82) is 0 Å². The summed E-state index contributed by atoms with van der Waals surface area (Å²) in [6, 6.07) is 5.88. The molecule has 0 aliphatic carbocycles. The van der Waals surface area contributed by atoms with E-state index in [-0.39, 0.29) is 36.3 Å². The van der Waals surface area contributed by atoms with Crippen molar-refractivity contribution < 1.29 is 8.78 Å². The van der Waals surface area contributed by atoms with Crippen LogP contribution in [0.1, 0.15) is 19.3 Å². The SMILES string of the molecule is CCNC(=NCc1nccn1C(F)F)N1CCN(c2ccccn2)CC1.I. The van der Waals surface area contributed by atoms with E-state index in [9.17, 15) is 8.78 Å². The Morgan fingerprint density at radius 3 is 2.59 bits per heavy atom. The molecule has 1 N–H and O–H groups in total. The fraction of sp³-hybridized carbons (Fsp3) is 0.471. The van der Waals surface area contributed by atoms with Crippen LogP contribution in [0.5, 0.6) is 0 Å². The van der Waals surface area contributed by atoms with Crippen LogP contribution in [0.25, 0.3) is 0 Å². The minimum atomic E-state index is -2.60. The summed E-state index contributed by atoms with van der Waals surface area (Å²) in [4.78, 5) is 17.2. The lowest BCUT2D eigenvalue weighted by molar-refractivity contribution is 0.0671. The molecule has 0 saturated carbocycles. The maximum Gasteiger partial charge on any atom is 0.319 e. The number of rotatable bonds is 5. The molecule has 2 aromatic heterocycles. The number of imidazole rings is 1. The molecule has 0 aromatic carbocycles. The average molecular weight is 491 g/mol. The lowest BCUT2D eigenvalue weighted by Crippen LogP contribution is -2.52. The molecule has 1 saturated heterocycles. The van der Waals surface area contributed by atoms with E-state index in [1.807, 2.05) is 25.1 Å². The molecule has 148 valence electrons. The van der Waals surface area contributed by atoms with Crippen molar-refractivity contribution in [3.63, 3.8) is 0 Å². The molecule has 3 heterocycles. The van der Waals surface area contributed by atoms with E-state index >= 15 is 0 Å². The van der Waals surface area contributed by atoms with Crippen molar-refractivity contribution in [3.05, 3.63) is 42.6 Å². The number of nitrogens with one attached hydrogen (secondary N) is 1. The van der Waals surface area contributed by atoms with Crippen LogP contribution >= 0.6 is 24.0 Å². The number of nitrogens with zero attached hydrogens (tertiary/aromatic N) is 6. The Bertz CT molecular complexity index is 715. The quantitative estimate of drug-likeness (QED) is 0.396. The number of halogens is 3. The standard InChI is InChI=1S/C17H23F2N7.HI/c1-2-20-17(23-13-15-22-7-8-26(15)16(18)19)25-11-9-24(10-12-25)14-5-3-4-6-21-14;/h3-8,16H,2,9-13H2,1H3,(H,20,23);1H. The number of aliphatic imine (C=N–C) groups is 1. The van der Waals surface area contributed by atoms with Gasteiger partial charge in [-0.25, -0.2) is 15.0 Å². The van der Waals surface area contributed by atoms with E-state index < -0.39 is 6.55 Å². The second-order valence-electron chi connectivity index (χ2n) is 5.86. The summed E-state index contributed by atoms with van der Waals surface area (Å²) in [6.07, 6.45) is 4.43. The predicted molar refractivity (Wildman–Crippen MR) is 112 cm³/mol. The van der Waals surface area contributed by atoms with Gasteiger partial charge in [0.05, 0.1) is 0 Å². The van der Waals surface area contributed by atoms with Crippen LogP contribution in [0.3, 0.4) is 0 Å². The molecule has 2 aromatic rings. The third-order valence-electron chi connectivity index (χ3n) is 4.22. The Hall–Kier alpha value is -1.98. The highest BCUT2D eigenvalue weighted by molar-refractivity contribution is 14.0. The van der Waals surface area contributed by atoms with E-state index in [2.05, 4.69) is 30.1 Å². The third-order valence-corrected chi connectivity index (χ3v) is 4.22. The smallest absolute Gasteiger partial charge is 0.319 e. The van der Waals surface area contributed by atoms with Crippen LogP contribution in [0, 0.1) is 0 Å². The van der Waals surface area contributed by atoms with Gasteiger partial charge in [-0.15, -0.1) is 24.0 Å². The monoisotopic (exact) mass is 491 g/mol. The maximum absolute atomic E-state index is 12.9. The van der Waals surface area contributed by atoms with E-state index in [1.165, 1.54) is 12.4 Å². The molecule has 27 heavy (non-hydrogen) atoms. The summed E-state index contributed by atoms with van der Waals surface area (Å²) in [5, 5.41) is 3.24. The van der Waals surface area contributed by atoms with Gasteiger partial charge >= 0.3 is 6.55 Å². The van der Waals surface area contributed by atoms with Gasteiger partial charge in [-0.1, -0.05) is 6.07 Å². The fourth-order valence-electron chi connectivity index (χ4n) is 2.90. The summed E-state index contributed by atoms with van der Waals surface area (Å²) in [6.45, 7) is 3.42. The first-order valence-electron chi connectivity index (χ1n) is 8.68. The van der Waals surface area contributed by atoms with Crippen molar-refractivity contribution in [1.82, 2.24) is 24.8 Å². The Kier molecular flexibility index (Phi) is 8.20. The maximum atomic E-state index is 12.9. The lowest BCUT2D eigenvalue weighted by Gasteiger charge is -2.37. The van der Waals surface area contributed by atoms with E-state index in [0.29, 0.717) is 6.54 Å². The number of aromatic nitrogens is 3. The highest BCUT2D eigenvalue weighted by Crippen LogP contribution is 2.14. The fourth-order valence-corrected chi connectivity index (χ4v) is 2.90. The Morgan fingerprint density at radius 1 is 1.19 bits per heavy atom. The second kappa shape index (κ2) is 10.4. The highest BCUT2D eigenvalue weighted by atomic mass is 127. The summed E-state index contributed by atoms with van der Waals surface area (Å²) in [7, 11) is 0. The molecule has 7 nitrogen and oxygen atoms in total. The van der Waals surface area contributed by atoms with Gasteiger partial charge in [0.15, 0.2) is 5.96 Å². The summed E-state index contributed by atoms with van der Waals surface area (Å²) < 4.78 is 26.7. The number of hydrogen-bond donors (Lipinski definition) is 1. The predicted octanol–water partition coefficient (Wildman–Crippen LogP) is 2.58. The molecule has 3 rings (SSSR count). The van der Waals surface area contributed by atoms with Gasteiger partial charge in [-0.3, -0.25) is 4.57 Å². The molecule has 1 aliphatic heterocycles. The summed E-state index contributed by atoms with van der Waals surface area (Å²) >= 11 is 0.